The van der Waals surface area contributed by atoms with Crippen molar-refractivity contribution < 1.29 is 4.52 Å². The molecule has 0 aliphatic heterocycles. The normalized spacial score (nSPS) is 12.8. The van der Waals surface area contributed by atoms with Gasteiger partial charge >= 0.3 is 0 Å². The van der Waals surface area contributed by atoms with Crippen molar-refractivity contribution in [1.82, 2.24) is 15.1 Å². The average Bonchev–Trinajstić information content (AvgIpc) is 2.85. The smallest absolute Gasteiger partial charge is 0.228 e. The third-order valence-corrected chi connectivity index (χ3v) is 3.46. The first kappa shape index (κ1) is 13.2. The summed E-state index contributed by atoms with van der Waals surface area (Å²) in [5.41, 5.74) is 7.29. The van der Waals surface area contributed by atoms with E-state index in [2.05, 4.69) is 31.1 Å². The Bertz CT molecular complexity index is 754. The summed E-state index contributed by atoms with van der Waals surface area (Å²) < 4.78 is 6.03. The minimum atomic E-state index is -0.0173. The van der Waals surface area contributed by atoms with E-state index in [1.165, 1.54) is 0 Å². The zero-order valence-corrected chi connectivity index (χ0v) is 12.5. The van der Waals surface area contributed by atoms with Gasteiger partial charge in [0.15, 0.2) is 0 Å². The Morgan fingerprint density at radius 1 is 1.30 bits per heavy atom. The molecular weight excluding hydrogens is 320 g/mol. The van der Waals surface area contributed by atoms with Gasteiger partial charge in [0.2, 0.25) is 11.7 Å². The van der Waals surface area contributed by atoms with Crippen molar-refractivity contribution in [2.75, 3.05) is 0 Å². The summed E-state index contributed by atoms with van der Waals surface area (Å²) in [7, 11) is 0. The molecule has 102 valence electrons. The van der Waals surface area contributed by atoms with Crippen LogP contribution < -0.4 is 5.73 Å². The molecule has 0 saturated carbocycles. The van der Waals surface area contributed by atoms with Crippen LogP contribution in [0.3, 0.4) is 0 Å². The summed E-state index contributed by atoms with van der Waals surface area (Å²) in [4.78, 5) is 8.91. The van der Waals surface area contributed by atoms with E-state index in [1.807, 2.05) is 37.3 Å². The Labute approximate surface area is 124 Å². The number of rotatable bonds is 3. The molecule has 0 fully saturated rings. The maximum Gasteiger partial charge on any atom is 0.228 e. The lowest BCUT2D eigenvalue weighted by molar-refractivity contribution is 0.372. The van der Waals surface area contributed by atoms with Crippen molar-refractivity contribution in [3.8, 4) is 11.5 Å². The monoisotopic (exact) mass is 332 g/mol. The van der Waals surface area contributed by atoms with Gasteiger partial charge in [-0.25, -0.2) is 4.98 Å². The van der Waals surface area contributed by atoms with Crippen LogP contribution in [0, 0.1) is 0 Å². The number of benzene rings is 1. The zero-order valence-electron chi connectivity index (χ0n) is 10.9. The predicted octanol–water partition coefficient (Wildman–Crippen LogP) is 2.94. The first-order valence-electron chi connectivity index (χ1n) is 6.27. The second kappa shape index (κ2) is 5.30. The van der Waals surface area contributed by atoms with Crippen LogP contribution in [0.25, 0.3) is 22.4 Å². The Kier molecular flexibility index (Phi) is 3.50. The minimum absolute atomic E-state index is 0.0173. The van der Waals surface area contributed by atoms with E-state index < -0.39 is 0 Å². The highest BCUT2D eigenvalue weighted by Gasteiger charge is 2.15. The van der Waals surface area contributed by atoms with Gasteiger partial charge in [0, 0.05) is 22.3 Å². The third kappa shape index (κ3) is 2.57. The molecule has 2 aromatic heterocycles. The SMILES string of the molecule is CC(N)Cc1nc(-c2nc3ccccc3cc2Br)no1. The van der Waals surface area contributed by atoms with E-state index in [9.17, 15) is 0 Å². The van der Waals surface area contributed by atoms with Crippen LogP contribution in [-0.4, -0.2) is 21.2 Å². The number of para-hydroxylation sites is 1. The van der Waals surface area contributed by atoms with Crippen molar-refractivity contribution in [1.29, 1.82) is 0 Å². The molecule has 1 atom stereocenters. The molecule has 0 radical (unpaired) electrons. The fourth-order valence-corrected chi connectivity index (χ4v) is 2.47. The van der Waals surface area contributed by atoms with Gasteiger partial charge in [0.25, 0.3) is 0 Å². The lowest BCUT2D eigenvalue weighted by Gasteiger charge is -2.02. The maximum absolute atomic E-state index is 5.72. The molecule has 0 amide bonds. The van der Waals surface area contributed by atoms with Crippen LogP contribution in [-0.2, 0) is 6.42 Å². The van der Waals surface area contributed by atoms with E-state index in [1.54, 1.807) is 0 Å². The summed E-state index contributed by atoms with van der Waals surface area (Å²) >= 11 is 3.51. The zero-order chi connectivity index (χ0) is 14.1. The Morgan fingerprint density at radius 3 is 2.90 bits per heavy atom. The Hall–Kier alpha value is -1.79. The molecule has 0 bridgehead atoms. The van der Waals surface area contributed by atoms with E-state index in [-0.39, 0.29) is 6.04 Å². The lowest BCUT2D eigenvalue weighted by Crippen LogP contribution is -2.17. The molecule has 0 saturated heterocycles. The first-order valence-corrected chi connectivity index (χ1v) is 7.06. The van der Waals surface area contributed by atoms with Gasteiger partial charge in [-0.3, -0.25) is 0 Å². The molecule has 0 spiro atoms. The molecule has 6 heteroatoms. The second-order valence-electron chi connectivity index (χ2n) is 4.70. The van der Waals surface area contributed by atoms with Gasteiger partial charge in [0.1, 0.15) is 5.69 Å². The van der Waals surface area contributed by atoms with Crippen LogP contribution in [0.5, 0.6) is 0 Å². The number of aromatic nitrogens is 3. The molecule has 3 rings (SSSR count). The van der Waals surface area contributed by atoms with Crippen molar-refractivity contribution in [3.63, 3.8) is 0 Å². The average molecular weight is 333 g/mol. The molecule has 3 aromatic rings. The summed E-state index contributed by atoms with van der Waals surface area (Å²) in [5.74, 6) is 0.995. The van der Waals surface area contributed by atoms with Crippen LogP contribution >= 0.6 is 15.9 Å². The predicted molar refractivity (Wildman–Crippen MR) is 80.1 cm³/mol. The number of nitrogens with zero attached hydrogens (tertiary/aromatic N) is 3. The summed E-state index contributed by atoms with van der Waals surface area (Å²) in [6.45, 7) is 1.90. The highest BCUT2D eigenvalue weighted by atomic mass is 79.9. The first-order chi connectivity index (χ1) is 9.63. The van der Waals surface area contributed by atoms with E-state index in [0.29, 0.717) is 23.8 Å². The second-order valence-corrected chi connectivity index (χ2v) is 5.56. The van der Waals surface area contributed by atoms with Crippen molar-refractivity contribution in [2.24, 2.45) is 5.73 Å². The molecule has 5 nitrogen and oxygen atoms in total. The highest BCUT2D eigenvalue weighted by molar-refractivity contribution is 9.10. The molecular formula is C14H13BrN4O. The fourth-order valence-electron chi connectivity index (χ4n) is 1.96. The van der Waals surface area contributed by atoms with Gasteiger partial charge in [-0.15, -0.1) is 0 Å². The maximum atomic E-state index is 5.72. The molecule has 2 heterocycles. The van der Waals surface area contributed by atoms with Gasteiger partial charge in [-0.1, -0.05) is 23.4 Å². The van der Waals surface area contributed by atoms with Crippen LogP contribution in [0.15, 0.2) is 39.3 Å². The molecule has 20 heavy (non-hydrogen) atoms. The van der Waals surface area contributed by atoms with Crippen LogP contribution in [0.2, 0.25) is 0 Å². The number of fused-ring (bicyclic) bond motifs is 1. The molecule has 1 aromatic carbocycles. The number of hydrogen-bond acceptors (Lipinski definition) is 5. The van der Waals surface area contributed by atoms with Gasteiger partial charge in [-0.05, 0) is 35.0 Å². The Balaban J connectivity index is 2.05. The highest BCUT2D eigenvalue weighted by Crippen LogP contribution is 2.27. The minimum Gasteiger partial charge on any atom is -0.339 e. The lowest BCUT2D eigenvalue weighted by atomic mass is 10.2. The van der Waals surface area contributed by atoms with Crippen LogP contribution in [0.4, 0.5) is 0 Å². The van der Waals surface area contributed by atoms with Gasteiger partial charge in [0.05, 0.1) is 5.52 Å². The number of nitrogens with two attached hydrogens (primary N) is 1. The Morgan fingerprint density at radius 2 is 2.10 bits per heavy atom. The fraction of sp³-hybridized carbons (Fsp3) is 0.214. The quantitative estimate of drug-likeness (QED) is 0.797. The van der Waals surface area contributed by atoms with Gasteiger partial charge < -0.3 is 10.3 Å². The molecule has 2 N–H and O–H groups in total. The van der Waals surface area contributed by atoms with Crippen molar-refractivity contribution >= 4 is 26.8 Å². The van der Waals surface area contributed by atoms with E-state index >= 15 is 0 Å². The van der Waals surface area contributed by atoms with Gasteiger partial charge in [-0.2, -0.15) is 4.98 Å². The largest absolute Gasteiger partial charge is 0.339 e. The van der Waals surface area contributed by atoms with Crippen LogP contribution in [0.1, 0.15) is 12.8 Å². The van der Waals surface area contributed by atoms with E-state index in [4.69, 9.17) is 10.3 Å². The van der Waals surface area contributed by atoms with Crippen molar-refractivity contribution in [3.05, 3.63) is 40.7 Å². The summed E-state index contributed by atoms with van der Waals surface area (Å²) in [5, 5.41) is 5.03. The number of halogens is 1. The topological polar surface area (TPSA) is 77.8 Å². The molecule has 1 unspecified atom stereocenters. The summed E-state index contributed by atoms with van der Waals surface area (Å²) in [6, 6.07) is 9.87. The summed E-state index contributed by atoms with van der Waals surface area (Å²) in [6.07, 6.45) is 0.554. The number of pyridine rings is 1. The molecule has 0 aliphatic carbocycles. The van der Waals surface area contributed by atoms with Crippen molar-refractivity contribution in [2.45, 2.75) is 19.4 Å². The standard InChI is InChI=1S/C14H13BrN4O/c1-8(16)6-12-18-14(19-20-12)13-10(15)7-9-4-2-3-5-11(9)17-13/h2-5,7-8H,6,16H2,1H3. The molecule has 0 aliphatic rings. The third-order valence-electron chi connectivity index (χ3n) is 2.85. The number of hydrogen-bond donors (Lipinski definition) is 1. The van der Waals surface area contributed by atoms with E-state index in [0.717, 1.165) is 15.4 Å².